The van der Waals surface area contributed by atoms with Crippen LogP contribution in [0.25, 0.3) is 0 Å². The molecule has 0 spiro atoms. The zero-order chi connectivity index (χ0) is 21.9. The monoisotopic (exact) mass is 436 g/mol. The van der Waals surface area contributed by atoms with Gasteiger partial charge in [-0.1, -0.05) is 0 Å². The predicted octanol–water partition coefficient (Wildman–Crippen LogP) is 2.45. The first-order valence-corrected chi connectivity index (χ1v) is 10.7. The van der Waals surface area contributed by atoms with Crippen LogP contribution in [0.2, 0.25) is 0 Å². The molecule has 1 amide bonds. The third kappa shape index (κ3) is 4.01. The molecule has 1 aliphatic heterocycles. The summed E-state index contributed by atoms with van der Waals surface area (Å²) in [6.45, 7) is 0.904. The molecule has 2 aromatic rings. The number of ether oxygens (including phenoxy) is 3. The Morgan fingerprint density at radius 3 is 2.27 bits per heavy atom. The first-order chi connectivity index (χ1) is 14.3. The Bertz CT molecular complexity index is 1050. The fraction of sp³-hybridized carbons (Fsp3) is 0.350. The molecular formula is C20H24N2O7S. The molecule has 0 bridgehead atoms. The molecule has 3 rings (SSSR count). The number of methoxy groups -OCH3 is 3. The van der Waals surface area contributed by atoms with Crippen LogP contribution in [-0.4, -0.2) is 58.2 Å². The van der Waals surface area contributed by atoms with Gasteiger partial charge < -0.3 is 24.6 Å². The Balaban J connectivity index is 1.94. The maximum atomic E-state index is 12.9. The van der Waals surface area contributed by atoms with Gasteiger partial charge in [-0.2, -0.15) is 4.31 Å². The molecular weight excluding hydrogens is 412 g/mol. The fourth-order valence-corrected chi connectivity index (χ4v) is 4.87. The van der Waals surface area contributed by atoms with Crippen LogP contribution in [0, 0.1) is 0 Å². The Morgan fingerprint density at radius 1 is 1.00 bits per heavy atom. The minimum Gasteiger partial charge on any atom is -0.506 e. The zero-order valence-corrected chi connectivity index (χ0v) is 17.8. The van der Waals surface area contributed by atoms with Crippen molar-refractivity contribution in [2.24, 2.45) is 0 Å². The molecule has 0 radical (unpaired) electrons. The molecule has 0 aromatic heterocycles. The molecule has 162 valence electrons. The minimum absolute atomic E-state index is 0.00298. The summed E-state index contributed by atoms with van der Waals surface area (Å²) in [6.07, 6.45) is 1.61. The molecule has 0 atom stereocenters. The molecule has 1 aliphatic rings. The van der Waals surface area contributed by atoms with E-state index in [1.54, 1.807) is 6.07 Å². The van der Waals surface area contributed by atoms with Crippen LogP contribution in [0.4, 0.5) is 5.69 Å². The number of nitrogens with one attached hydrogen (secondary N) is 1. The van der Waals surface area contributed by atoms with Gasteiger partial charge in [-0.3, -0.25) is 4.79 Å². The lowest BCUT2D eigenvalue weighted by Gasteiger charge is -2.18. The summed E-state index contributed by atoms with van der Waals surface area (Å²) in [5.74, 6) is -0.105. The smallest absolute Gasteiger partial charge is 0.259 e. The van der Waals surface area contributed by atoms with Gasteiger partial charge in [-0.05, 0) is 43.2 Å². The van der Waals surface area contributed by atoms with Gasteiger partial charge >= 0.3 is 0 Å². The van der Waals surface area contributed by atoms with Gasteiger partial charge in [-0.15, -0.1) is 0 Å². The van der Waals surface area contributed by atoms with Crippen LogP contribution in [0.1, 0.15) is 23.2 Å². The lowest BCUT2D eigenvalue weighted by molar-refractivity contribution is 0.102. The number of benzene rings is 2. The van der Waals surface area contributed by atoms with E-state index >= 15 is 0 Å². The van der Waals surface area contributed by atoms with Crippen molar-refractivity contribution in [2.45, 2.75) is 17.7 Å². The lowest BCUT2D eigenvalue weighted by atomic mass is 10.1. The molecule has 1 fully saturated rings. The van der Waals surface area contributed by atoms with Crippen molar-refractivity contribution in [1.82, 2.24) is 4.31 Å². The molecule has 30 heavy (non-hydrogen) atoms. The van der Waals surface area contributed by atoms with Crippen LogP contribution in [0.3, 0.4) is 0 Å². The van der Waals surface area contributed by atoms with Gasteiger partial charge in [0, 0.05) is 13.1 Å². The first kappa shape index (κ1) is 21.7. The molecule has 1 heterocycles. The average Bonchev–Trinajstić information content (AvgIpc) is 3.29. The molecule has 9 nitrogen and oxygen atoms in total. The van der Waals surface area contributed by atoms with Gasteiger partial charge in [-0.25, -0.2) is 8.42 Å². The average molecular weight is 436 g/mol. The van der Waals surface area contributed by atoms with E-state index in [1.165, 1.54) is 49.9 Å². The molecule has 0 unspecified atom stereocenters. The van der Waals surface area contributed by atoms with E-state index in [1.807, 2.05) is 0 Å². The number of carbonyl (C=O) groups excluding carboxylic acids is 1. The van der Waals surface area contributed by atoms with E-state index in [9.17, 15) is 18.3 Å². The van der Waals surface area contributed by atoms with E-state index in [-0.39, 0.29) is 33.4 Å². The van der Waals surface area contributed by atoms with Gasteiger partial charge in [0.05, 0.1) is 37.5 Å². The Labute approximate surface area is 175 Å². The second kappa shape index (κ2) is 8.80. The number of nitrogens with zero attached hydrogens (tertiary/aromatic N) is 1. The van der Waals surface area contributed by atoms with Gasteiger partial charge in [0.25, 0.3) is 5.91 Å². The predicted molar refractivity (Wildman–Crippen MR) is 110 cm³/mol. The number of phenols is 1. The largest absolute Gasteiger partial charge is 0.506 e. The SMILES string of the molecule is COc1ccc(C(=O)Nc2cc(S(=O)(=O)N3CCCC3)ccc2O)c(OC)c1OC. The summed E-state index contributed by atoms with van der Waals surface area (Å²) >= 11 is 0. The number of rotatable bonds is 7. The first-order valence-electron chi connectivity index (χ1n) is 9.27. The normalized spacial score (nSPS) is 14.4. The number of amides is 1. The van der Waals surface area contributed by atoms with Gasteiger partial charge in [0.2, 0.25) is 15.8 Å². The molecule has 2 aromatic carbocycles. The highest BCUT2D eigenvalue weighted by Gasteiger charge is 2.28. The van der Waals surface area contributed by atoms with E-state index in [0.717, 1.165) is 12.8 Å². The highest BCUT2D eigenvalue weighted by Crippen LogP contribution is 2.40. The van der Waals surface area contributed by atoms with Crippen molar-refractivity contribution in [3.8, 4) is 23.0 Å². The van der Waals surface area contributed by atoms with E-state index < -0.39 is 15.9 Å². The Hall–Kier alpha value is -2.98. The van der Waals surface area contributed by atoms with Crippen molar-refractivity contribution in [3.05, 3.63) is 35.9 Å². The number of hydrogen-bond donors (Lipinski definition) is 2. The van der Waals surface area contributed by atoms with Crippen LogP contribution >= 0.6 is 0 Å². The quantitative estimate of drug-likeness (QED) is 0.641. The lowest BCUT2D eigenvalue weighted by Crippen LogP contribution is -2.28. The summed E-state index contributed by atoms with van der Waals surface area (Å²) in [7, 11) is 0.559. The standard InChI is InChI=1S/C20H24N2O7S/c1-27-17-9-7-14(18(28-2)19(17)29-3)20(24)21-15-12-13(6-8-16(15)23)30(25,26)22-10-4-5-11-22/h6-9,12,23H,4-5,10-11H2,1-3H3,(H,21,24). The summed E-state index contributed by atoms with van der Waals surface area (Å²) < 4.78 is 42.8. The number of aromatic hydroxyl groups is 1. The minimum atomic E-state index is -3.70. The zero-order valence-electron chi connectivity index (χ0n) is 17.0. The third-order valence-electron chi connectivity index (χ3n) is 4.87. The summed E-state index contributed by atoms with van der Waals surface area (Å²) in [5.41, 5.74) is 0.0967. The summed E-state index contributed by atoms with van der Waals surface area (Å²) in [6, 6.07) is 6.83. The maximum absolute atomic E-state index is 12.9. The molecule has 1 saturated heterocycles. The third-order valence-corrected chi connectivity index (χ3v) is 6.76. The number of sulfonamides is 1. The van der Waals surface area contributed by atoms with E-state index in [4.69, 9.17) is 14.2 Å². The van der Waals surface area contributed by atoms with Crippen molar-refractivity contribution in [2.75, 3.05) is 39.7 Å². The topological polar surface area (TPSA) is 114 Å². The van der Waals surface area contributed by atoms with Crippen LogP contribution < -0.4 is 19.5 Å². The molecule has 10 heteroatoms. The highest BCUT2D eigenvalue weighted by atomic mass is 32.2. The van der Waals surface area contributed by atoms with E-state index in [0.29, 0.717) is 18.8 Å². The molecule has 2 N–H and O–H groups in total. The van der Waals surface area contributed by atoms with Crippen molar-refractivity contribution in [3.63, 3.8) is 0 Å². The second-order valence-corrected chi connectivity index (χ2v) is 8.56. The second-order valence-electron chi connectivity index (χ2n) is 6.63. The molecule has 0 saturated carbocycles. The van der Waals surface area contributed by atoms with Crippen molar-refractivity contribution < 1.29 is 32.5 Å². The summed E-state index contributed by atoms with van der Waals surface area (Å²) in [5, 5.41) is 12.7. The van der Waals surface area contributed by atoms with E-state index in [2.05, 4.69) is 5.32 Å². The number of anilines is 1. The van der Waals surface area contributed by atoms with Crippen molar-refractivity contribution >= 4 is 21.6 Å². The van der Waals surface area contributed by atoms with Crippen LogP contribution in [-0.2, 0) is 10.0 Å². The van der Waals surface area contributed by atoms with Crippen LogP contribution in [0.5, 0.6) is 23.0 Å². The van der Waals surface area contributed by atoms with Gasteiger partial charge in [0.1, 0.15) is 5.75 Å². The van der Waals surface area contributed by atoms with Crippen LogP contribution in [0.15, 0.2) is 35.2 Å². The maximum Gasteiger partial charge on any atom is 0.259 e. The summed E-state index contributed by atoms with van der Waals surface area (Å²) in [4.78, 5) is 12.9. The number of carbonyl (C=O) groups is 1. The highest BCUT2D eigenvalue weighted by molar-refractivity contribution is 7.89. The molecule has 0 aliphatic carbocycles. The van der Waals surface area contributed by atoms with Crippen molar-refractivity contribution in [1.29, 1.82) is 0 Å². The Morgan fingerprint density at radius 2 is 1.67 bits per heavy atom. The Kier molecular flexibility index (Phi) is 6.37. The fourth-order valence-electron chi connectivity index (χ4n) is 3.32. The number of hydrogen-bond acceptors (Lipinski definition) is 7. The van der Waals surface area contributed by atoms with Gasteiger partial charge in [0.15, 0.2) is 11.5 Å². The number of phenolic OH excluding ortho intramolecular Hbond substituents is 1.